The molecule has 1 saturated heterocycles. The highest BCUT2D eigenvalue weighted by Gasteiger charge is 2.28. The van der Waals surface area contributed by atoms with Gasteiger partial charge in [0.15, 0.2) is 0 Å². The van der Waals surface area contributed by atoms with E-state index in [0.29, 0.717) is 24.2 Å². The van der Waals surface area contributed by atoms with E-state index in [-0.39, 0.29) is 18.1 Å². The van der Waals surface area contributed by atoms with Crippen LogP contribution >= 0.6 is 0 Å². The number of nitrogens with zero attached hydrogens (tertiary/aromatic N) is 1. The maximum Gasteiger partial charge on any atom is 0.251 e. The Labute approximate surface area is 136 Å². The topological polar surface area (TPSA) is 75.7 Å². The van der Waals surface area contributed by atoms with Crippen molar-refractivity contribution in [1.29, 1.82) is 0 Å². The summed E-state index contributed by atoms with van der Waals surface area (Å²) in [7, 11) is -3.26. The average molecular weight is 338 g/mol. The fourth-order valence-electron chi connectivity index (χ4n) is 3.24. The maximum absolute atomic E-state index is 12.4. The molecule has 0 spiro atoms. The highest BCUT2D eigenvalue weighted by Crippen LogP contribution is 2.30. The first-order chi connectivity index (χ1) is 10.9. The van der Waals surface area contributed by atoms with Crippen molar-refractivity contribution < 1.29 is 17.9 Å². The quantitative estimate of drug-likeness (QED) is 0.898. The monoisotopic (exact) mass is 338 g/mol. The van der Waals surface area contributed by atoms with E-state index < -0.39 is 10.0 Å². The van der Waals surface area contributed by atoms with Crippen LogP contribution in [0.5, 0.6) is 0 Å². The van der Waals surface area contributed by atoms with Gasteiger partial charge in [-0.2, -0.15) is 0 Å². The van der Waals surface area contributed by atoms with Crippen molar-refractivity contribution in [3.05, 3.63) is 29.3 Å². The molecule has 0 aromatic heterocycles. The summed E-state index contributed by atoms with van der Waals surface area (Å²) in [5, 5.41) is 2.97. The molecule has 0 radical (unpaired) electrons. The Bertz CT molecular complexity index is 711. The van der Waals surface area contributed by atoms with Gasteiger partial charge in [-0.1, -0.05) is 0 Å². The SMILES string of the molecule is C[C@@H](NC(=O)c1ccc2c(c1)CCN2S(C)(=O)=O)[C@@H]1CCCO1. The molecule has 2 aliphatic heterocycles. The standard InChI is InChI=1S/C16H22N2O4S/c1-11(15-4-3-9-22-15)17-16(19)13-5-6-14-12(10-13)7-8-18(14)23(2,20)21/h5-6,10-11,15H,3-4,7-9H2,1-2H3,(H,17,19)/t11-,15+/m1/s1. The number of benzene rings is 1. The van der Waals surface area contributed by atoms with E-state index in [1.165, 1.54) is 10.6 Å². The average Bonchev–Trinajstić information content (AvgIpc) is 3.15. The Morgan fingerprint density at radius 2 is 2.22 bits per heavy atom. The smallest absolute Gasteiger partial charge is 0.251 e. The van der Waals surface area contributed by atoms with E-state index in [4.69, 9.17) is 4.74 Å². The van der Waals surface area contributed by atoms with Gasteiger partial charge in [-0.25, -0.2) is 8.42 Å². The molecular formula is C16H22N2O4S. The molecule has 1 fully saturated rings. The third-order valence-corrected chi connectivity index (χ3v) is 5.66. The lowest BCUT2D eigenvalue weighted by atomic mass is 10.1. The van der Waals surface area contributed by atoms with Crippen LogP contribution < -0.4 is 9.62 Å². The zero-order chi connectivity index (χ0) is 16.6. The number of rotatable bonds is 4. The third kappa shape index (κ3) is 3.35. The molecule has 2 heterocycles. The number of carbonyl (C=O) groups is 1. The van der Waals surface area contributed by atoms with Crippen molar-refractivity contribution in [2.75, 3.05) is 23.7 Å². The predicted molar refractivity (Wildman–Crippen MR) is 88.2 cm³/mol. The Hall–Kier alpha value is -1.60. The van der Waals surface area contributed by atoms with Crippen LogP contribution in [0.2, 0.25) is 0 Å². The first-order valence-corrected chi connectivity index (χ1v) is 9.74. The summed E-state index contributed by atoms with van der Waals surface area (Å²) < 4.78 is 30.5. The summed E-state index contributed by atoms with van der Waals surface area (Å²) in [6.45, 7) is 3.14. The van der Waals surface area contributed by atoms with Gasteiger partial charge in [0, 0.05) is 18.7 Å². The van der Waals surface area contributed by atoms with Crippen LogP contribution in [0.4, 0.5) is 5.69 Å². The minimum atomic E-state index is -3.26. The number of sulfonamides is 1. The minimum absolute atomic E-state index is 0.0363. The van der Waals surface area contributed by atoms with Crippen molar-refractivity contribution in [3.8, 4) is 0 Å². The van der Waals surface area contributed by atoms with E-state index in [0.717, 1.165) is 25.0 Å². The largest absolute Gasteiger partial charge is 0.376 e. The number of carbonyl (C=O) groups excluding carboxylic acids is 1. The number of anilines is 1. The number of nitrogens with one attached hydrogen (secondary N) is 1. The summed E-state index contributed by atoms with van der Waals surface area (Å²) >= 11 is 0. The molecule has 1 aromatic rings. The zero-order valence-corrected chi connectivity index (χ0v) is 14.2. The molecule has 23 heavy (non-hydrogen) atoms. The Balaban J connectivity index is 1.73. The van der Waals surface area contributed by atoms with Crippen LogP contribution in [-0.4, -0.2) is 45.9 Å². The Morgan fingerprint density at radius 1 is 1.43 bits per heavy atom. The zero-order valence-electron chi connectivity index (χ0n) is 13.4. The Morgan fingerprint density at radius 3 is 2.87 bits per heavy atom. The number of fused-ring (bicyclic) bond motifs is 1. The summed E-state index contributed by atoms with van der Waals surface area (Å²) in [5.41, 5.74) is 2.13. The van der Waals surface area contributed by atoms with Gasteiger partial charge < -0.3 is 10.1 Å². The van der Waals surface area contributed by atoms with Gasteiger partial charge in [0.2, 0.25) is 10.0 Å². The van der Waals surface area contributed by atoms with Crippen LogP contribution in [0.25, 0.3) is 0 Å². The molecule has 1 amide bonds. The van der Waals surface area contributed by atoms with Gasteiger partial charge in [0.25, 0.3) is 5.91 Å². The van der Waals surface area contributed by atoms with Gasteiger partial charge in [0.1, 0.15) is 0 Å². The summed E-state index contributed by atoms with van der Waals surface area (Å²) in [6.07, 6.45) is 3.91. The third-order valence-electron chi connectivity index (χ3n) is 4.48. The number of hydrogen-bond acceptors (Lipinski definition) is 4. The molecule has 0 aliphatic carbocycles. The van der Waals surface area contributed by atoms with Gasteiger partial charge in [0.05, 0.1) is 24.1 Å². The van der Waals surface area contributed by atoms with Crippen molar-refractivity contribution in [2.45, 2.75) is 38.3 Å². The lowest BCUT2D eigenvalue weighted by Gasteiger charge is -2.20. The fourth-order valence-corrected chi connectivity index (χ4v) is 4.20. The van der Waals surface area contributed by atoms with E-state index in [2.05, 4.69) is 5.32 Å². The van der Waals surface area contributed by atoms with Crippen molar-refractivity contribution in [2.24, 2.45) is 0 Å². The molecule has 0 bridgehead atoms. The fraction of sp³-hybridized carbons (Fsp3) is 0.562. The lowest BCUT2D eigenvalue weighted by Crippen LogP contribution is -2.40. The van der Waals surface area contributed by atoms with Gasteiger partial charge in [-0.15, -0.1) is 0 Å². The van der Waals surface area contributed by atoms with Crippen LogP contribution in [0, 0.1) is 0 Å². The van der Waals surface area contributed by atoms with E-state index in [1.54, 1.807) is 18.2 Å². The maximum atomic E-state index is 12.4. The minimum Gasteiger partial charge on any atom is -0.376 e. The molecule has 0 unspecified atom stereocenters. The second-order valence-electron chi connectivity index (χ2n) is 6.24. The van der Waals surface area contributed by atoms with Crippen LogP contribution in [0.1, 0.15) is 35.7 Å². The lowest BCUT2D eigenvalue weighted by molar-refractivity contribution is 0.0712. The molecule has 3 rings (SSSR count). The highest BCUT2D eigenvalue weighted by molar-refractivity contribution is 7.92. The summed E-state index contributed by atoms with van der Waals surface area (Å²) in [6, 6.07) is 5.15. The van der Waals surface area contributed by atoms with Crippen LogP contribution in [0.15, 0.2) is 18.2 Å². The second-order valence-corrected chi connectivity index (χ2v) is 8.15. The normalized spacial score (nSPS) is 22.0. The van der Waals surface area contributed by atoms with Crippen molar-refractivity contribution >= 4 is 21.6 Å². The molecular weight excluding hydrogens is 316 g/mol. The highest BCUT2D eigenvalue weighted by atomic mass is 32.2. The molecule has 1 aromatic carbocycles. The first kappa shape index (κ1) is 16.3. The Kier molecular flexibility index (Phi) is 4.33. The van der Waals surface area contributed by atoms with Crippen LogP contribution in [-0.2, 0) is 21.2 Å². The molecule has 1 N–H and O–H groups in total. The summed E-state index contributed by atoms with van der Waals surface area (Å²) in [5.74, 6) is -0.145. The number of hydrogen-bond donors (Lipinski definition) is 1. The van der Waals surface area contributed by atoms with Crippen molar-refractivity contribution in [3.63, 3.8) is 0 Å². The van der Waals surface area contributed by atoms with E-state index in [9.17, 15) is 13.2 Å². The molecule has 7 heteroatoms. The van der Waals surface area contributed by atoms with Crippen molar-refractivity contribution in [1.82, 2.24) is 5.32 Å². The number of ether oxygens (including phenoxy) is 1. The van der Waals surface area contributed by atoms with Gasteiger partial charge in [-0.05, 0) is 49.9 Å². The molecule has 126 valence electrons. The van der Waals surface area contributed by atoms with Gasteiger partial charge in [-0.3, -0.25) is 9.10 Å². The van der Waals surface area contributed by atoms with E-state index in [1.807, 2.05) is 6.92 Å². The molecule has 2 atom stereocenters. The molecule has 2 aliphatic rings. The van der Waals surface area contributed by atoms with Gasteiger partial charge >= 0.3 is 0 Å². The summed E-state index contributed by atoms with van der Waals surface area (Å²) in [4.78, 5) is 12.4. The predicted octanol–water partition coefficient (Wildman–Crippen LogP) is 1.31. The van der Waals surface area contributed by atoms with Crippen LogP contribution in [0.3, 0.4) is 0 Å². The number of amides is 1. The molecule has 6 nitrogen and oxygen atoms in total. The van der Waals surface area contributed by atoms with E-state index >= 15 is 0 Å². The molecule has 0 saturated carbocycles. The first-order valence-electron chi connectivity index (χ1n) is 7.89. The second kappa shape index (κ2) is 6.13.